The van der Waals surface area contributed by atoms with Gasteiger partial charge in [0.1, 0.15) is 5.75 Å². The first-order valence-corrected chi connectivity index (χ1v) is 7.34. The summed E-state index contributed by atoms with van der Waals surface area (Å²) in [6, 6.07) is 6.52. The number of fused-ring (bicyclic) bond motifs is 1. The van der Waals surface area contributed by atoms with Crippen LogP contribution in [-0.4, -0.2) is 37.4 Å². The SMILES string of the molecule is CC(C)S(=O)(=O)N1CC(C(=O)O)Oc2ccccc21. The van der Waals surface area contributed by atoms with Crippen molar-refractivity contribution >= 4 is 21.7 Å². The van der Waals surface area contributed by atoms with Gasteiger partial charge in [-0.2, -0.15) is 0 Å². The molecule has 1 aliphatic heterocycles. The molecule has 7 heteroatoms. The second-order valence-corrected chi connectivity index (χ2v) is 6.95. The lowest BCUT2D eigenvalue weighted by Gasteiger charge is -2.34. The lowest BCUT2D eigenvalue weighted by atomic mass is 10.2. The minimum absolute atomic E-state index is 0.215. The fourth-order valence-corrected chi connectivity index (χ4v) is 3.10. The number of benzene rings is 1. The Morgan fingerprint density at radius 3 is 2.63 bits per heavy atom. The van der Waals surface area contributed by atoms with Crippen molar-refractivity contribution in [2.24, 2.45) is 0 Å². The Hall–Kier alpha value is -1.76. The highest BCUT2D eigenvalue weighted by molar-refractivity contribution is 7.93. The molecule has 1 aromatic rings. The van der Waals surface area contributed by atoms with Crippen LogP contribution in [0.4, 0.5) is 5.69 Å². The van der Waals surface area contributed by atoms with E-state index in [2.05, 4.69) is 0 Å². The molecule has 104 valence electrons. The molecule has 1 heterocycles. The van der Waals surface area contributed by atoms with Gasteiger partial charge in [0, 0.05) is 0 Å². The van der Waals surface area contributed by atoms with Crippen LogP contribution < -0.4 is 9.04 Å². The molecule has 1 unspecified atom stereocenters. The van der Waals surface area contributed by atoms with Crippen molar-refractivity contribution in [1.29, 1.82) is 0 Å². The van der Waals surface area contributed by atoms with Gasteiger partial charge in [0.15, 0.2) is 0 Å². The molecule has 1 aromatic carbocycles. The summed E-state index contributed by atoms with van der Waals surface area (Å²) in [6.07, 6.45) is -1.19. The van der Waals surface area contributed by atoms with E-state index in [1.165, 1.54) is 0 Å². The van der Waals surface area contributed by atoms with Crippen LogP contribution in [0.25, 0.3) is 0 Å². The molecule has 6 nitrogen and oxygen atoms in total. The molecule has 1 atom stereocenters. The molecule has 0 fully saturated rings. The molecule has 0 amide bonds. The molecule has 0 spiro atoms. The molecule has 0 bridgehead atoms. The predicted molar refractivity (Wildman–Crippen MR) is 69.9 cm³/mol. The molecular weight excluding hydrogens is 270 g/mol. The highest BCUT2D eigenvalue weighted by Gasteiger charge is 2.37. The topological polar surface area (TPSA) is 83.9 Å². The van der Waals surface area contributed by atoms with Crippen LogP contribution in [0, 0.1) is 0 Å². The predicted octanol–water partition coefficient (Wildman–Crippen LogP) is 1.08. The van der Waals surface area contributed by atoms with Crippen molar-refractivity contribution < 1.29 is 23.1 Å². The first kappa shape index (κ1) is 13.7. The second-order valence-electron chi connectivity index (χ2n) is 4.54. The fourth-order valence-electron chi connectivity index (χ4n) is 1.83. The Kier molecular flexibility index (Phi) is 3.40. The van der Waals surface area contributed by atoms with E-state index >= 15 is 0 Å². The highest BCUT2D eigenvalue weighted by atomic mass is 32.2. The van der Waals surface area contributed by atoms with Crippen LogP contribution in [0.2, 0.25) is 0 Å². The van der Waals surface area contributed by atoms with Crippen molar-refractivity contribution in [2.75, 3.05) is 10.8 Å². The summed E-state index contributed by atoms with van der Waals surface area (Å²) >= 11 is 0. The summed E-state index contributed by atoms with van der Waals surface area (Å²) in [6.45, 7) is 2.90. The zero-order valence-corrected chi connectivity index (χ0v) is 11.4. The number of carbonyl (C=O) groups is 1. The summed E-state index contributed by atoms with van der Waals surface area (Å²) in [4.78, 5) is 11.1. The third kappa shape index (κ3) is 2.37. The number of para-hydroxylation sites is 2. The largest absolute Gasteiger partial charge is 0.478 e. The molecule has 0 aromatic heterocycles. The first-order chi connectivity index (χ1) is 8.84. The molecule has 0 radical (unpaired) electrons. The van der Waals surface area contributed by atoms with Gasteiger partial charge >= 0.3 is 5.97 Å². The van der Waals surface area contributed by atoms with Gasteiger partial charge in [-0.1, -0.05) is 12.1 Å². The van der Waals surface area contributed by atoms with E-state index in [4.69, 9.17) is 9.84 Å². The monoisotopic (exact) mass is 285 g/mol. The molecule has 0 saturated carbocycles. The van der Waals surface area contributed by atoms with Gasteiger partial charge in [-0.3, -0.25) is 4.31 Å². The Balaban J connectivity index is 2.51. The van der Waals surface area contributed by atoms with Crippen LogP contribution in [0.15, 0.2) is 24.3 Å². The summed E-state index contributed by atoms with van der Waals surface area (Å²) < 4.78 is 31.0. The van der Waals surface area contributed by atoms with Gasteiger partial charge < -0.3 is 9.84 Å². The van der Waals surface area contributed by atoms with Crippen LogP contribution in [0.3, 0.4) is 0 Å². The van der Waals surface area contributed by atoms with Gasteiger partial charge in [-0.25, -0.2) is 13.2 Å². The van der Waals surface area contributed by atoms with Crippen LogP contribution in [0.1, 0.15) is 13.8 Å². The van der Waals surface area contributed by atoms with Crippen molar-refractivity contribution in [2.45, 2.75) is 25.2 Å². The second kappa shape index (κ2) is 4.73. The van der Waals surface area contributed by atoms with Crippen LogP contribution in [-0.2, 0) is 14.8 Å². The average Bonchev–Trinajstić information content (AvgIpc) is 2.37. The van der Waals surface area contributed by atoms with E-state index in [-0.39, 0.29) is 12.3 Å². The minimum Gasteiger partial charge on any atom is -0.478 e. The summed E-state index contributed by atoms with van der Waals surface area (Å²) in [5.74, 6) is -0.913. The molecule has 0 saturated heterocycles. The lowest BCUT2D eigenvalue weighted by Crippen LogP contribution is -2.48. The van der Waals surface area contributed by atoms with E-state index in [9.17, 15) is 13.2 Å². The number of anilines is 1. The zero-order chi connectivity index (χ0) is 14.2. The normalized spacial score (nSPS) is 18.9. The van der Waals surface area contributed by atoms with E-state index in [0.717, 1.165) is 4.31 Å². The number of sulfonamides is 1. The van der Waals surface area contributed by atoms with Crippen molar-refractivity contribution in [1.82, 2.24) is 0 Å². The van der Waals surface area contributed by atoms with Gasteiger partial charge in [-0.15, -0.1) is 0 Å². The number of hydrogen-bond acceptors (Lipinski definition) is 4. The Morgan fingerprint density at radius 2 is 2.05 bits per heavy atom. The van der Waals surface area contributed by atoms with E-state index in [1.807, 2.05) is 0 Å². The molecule has 19 heavy (non-hydrogen) atoms. The molecular formula is C12H15NO5S. The maximum atomic E-state index is 12.3. The Labute approximate surface area is 111 Å². The van der Waals surface area contributed by atoms with E-state index in [0.29, 0.717) is 5.69 Å². The van der Waals surface area contributed by atoms with Gasteiger partial charge in [-0.05, 0) is 26.0 Å². The number of nitrogens with zero attached hydrogens (tertiary/aromatic N) is 1. The van der Waals surface area contributed by atoms with Gasteiger partial charge in [0.2, 0.25) is 16.1 Å². The summed E-state index contributed by atoms with van der Waals surface area (Å²) in [5.41, 5.74) is 0.383. The van der Waals surface area contributed by atoms with E-state index < -0.39 is 27.3 Å². The number of carboxylic acids is 1. The molecule has 0 aliphatic carbocycles. The van der Waals surface area contributed by atoms with Crippen LogP contribution in [0.5, 0.6) is 5.75 Å². The number of ether oxygens (including phenoxy) is 1. The zero-order valence-electron chi connectivity index (χ0n) is 10.6. The maximum Gasteiger partial charge on any atom is 0.346 e. The quantitative estimate of drug-likeness (QED) is 0.898. The molecule has 1 aliphatic rings. The van der Waals surface area contributed by atoms with E-state index in [1.54, 1.807) is 38.1 Å². The van der Waals surface area contributed by atoms with Crippen molar-refractivity contribution in [3.05, 3.63) is 24.3 Å². The van der Waals surface area contributed by atoms with Gasteiger partial charge in [0.05, 0.1) is 17.5 Å². The Bertz CT molecular complexity index is 596. The Morgan fingerprint density at radius 1 is 1.42 bits per heavy atom. The van der Waals surface area contributed by atoms with Gasteiger partial charge in [0.25, 0.3) is 0 Å². The average molecular weight is 285 g/mol. The highest BCUT2D eigenvalue weighted by Crippen LogP contribution is 2.35. The molecule has 1 N–H and O–H groups in total. The maximum absolute atomic E-state index is 12.3. The van der Waals surface area contributed by atoms with Crippen molar-refractivity contribution in [3.63, 3.8) is 0 Å². The number of aliphatic carboxylic acids is 1. The third-order valence-electron chi connectivity index (χ3n) is 2.91. The fraction of sp³-hybridized carbons (Fsp3) is 0.417. The number of hydrogen-bond donors (Lipinski definition) is 1. The summed E-state index contributed by atoms with van der Waals surface area (Å²) in [5, 5.41) is 8.41. The van der Waals surface area contributed by atoms with Crippen LogP contribution >= 0.6 is 0 Å². The van der Waals surface area contributed by atoms with Crippen molar-refractivity contribution in [3.8, 4) is 5.75 Å². The summed E-state index contributed by atoms with van der Waals surface area (Å²) in [7, 11) is -3.59. The number of rotatable bonds is 3. The first-order valence-electron chi connectivity index (χ1n) is 5.84. The molecule has 2 rings (SSSR count). The minimum atomic E-state index is -3.59. The smallest absolute Gasteiger partial charge is 0.346 e. The standard InChI is InChI=1S/C12H15NO5S/c1-8(2)19(16,17)13-7-11(12(14)15)18-10-6-4-3-5-9(10)13/h3-6,8,11H,7H2,1-2H3,(H,14,15). The number of carboxylic acid groups (broad SMARTS) is 1. The third-order valence-corrected chi connectivity index (χ3v) is 5.06. The lowest BCUT2D eigenvalue weighted by molar-refractivity contribution is -0.144.